The molecule has 0 aliphatic carbocycles. The highest BCUT2D eigenvalue weighted by Crippen LogP contribution is 2.23. The second-order valence-corrected chi connectivity index (χ2v) is 3.75. The molecule has 1 amide bonds. The second kappa shape index (κ2) is 5.24. The molecule has 1 aromatic heterocycles. The van der Waals surface area contributed by atoms with Crippen molar-refractivity contribution in [3.05, 3.63) is 28.4 Å². The Balaban J connectivity index is 2.92. The molecule has 0 spiro atoms. The van der Waals surface area contributed by atoms with Gasteiger partial charge in [0, 0.05) is 33.4 Å². The lowest BCUT2D eigenvalue weighted by molar-refractivity contribution is -0.384. The summed E-state index contributed by atoms with van der Waals surface area (Å²) < 4.78 is 0. The van der Waals surface area contributed by atoms with E-state index in [4.69, 9.17) is 0 Å². The Bertz CT molecular complexity index is 433. The van der Waals surface area contributed by atoms with Crippen LogP contribution in [-0.4, -0.2) is 48.4 Å². The van der Waals surface area contributed by atoms with Crippen LogP contribution in [0.1, 0.15) is 0 Å². The van der Waals surface area contributed by atoms with Gasteiger partial charge in [0.2, 0.25) is 11.7 Å². The van der Waals surface area contributed by atoms with Gasteiger partial charge in [0.25, 0.3) is 0 Å². The quantitative estimate of drug-likeness (QED) is 0.564. The van der Waals surface area contributed by atoms with Gasteiger partial charge in [-0.25, -0.2) is 4.98 Å². The van der Waals surface area contributed by atoms with Gasteiger partial charge in [-0.1, -0.05) is 0 Å². The van der Waals surface area contributed by atoms with Crippen LogP contribution in [-0.2, 0) is 4.79 Å². The minimum atomic E-state index is -0.515. The maximum atomic E-state index is 11.5. The van der Waals surface area contributed by atoms with Gasteiger partial charge in [-0.05, 0) is 6.07 Å². The van der Waals surface area contributed by atoms with Crippen LogP contribution in [0.2, 0.25) is 0 Å². The van der Waals surface area contributed by atoms with Crippen LogP contribution in [0.5, 0.6) is 0 Å². The summed E-state index contributed by atoms with van der Waals surface area (Å²) in [4.78, 5) is 28.6. The molecule has 7 heteroatoms. The summed E-state index contributed by atoms with van der Waals surface area (Å²) in [7, 11) is 4.85. The number of anilines is 1. The standard InChI is InChI=1S/C10H14N4O3/c1-12(2)9(15)7-13(3)10-8(14(16)17)5-4-6-11-10/h4-6H,7H2,1-3H3. The van der Waals surface area contributed by atoms with Gasteiger partial charge in [-0.2, -0.15) is 0 Å². The Labute approximate surface area is 98.8 Å². The SMILES string of the molecule is CN(C)C(=O)CN(C)c1ncccc1[N+](=O)[O-]. The lowest BCUT2D eigenvalue weighted by Crippen LogP contribution is -2.35. The van der Waals surface area contributed by atoms with Crippen molar-refractivity contribution in [3.8, 4) is 0 Å². The number of hydrogen-bond donors (Lipinski definition) is 0. The summed E-state index contributed by atoms with van der Waals surface area (Å²) in [6.45, 7) is 0.0465. The molecular formula is C10H14N4O3. The van der Waals surface area contributed by atoms with Crippen molar-refractivity contribution in [2.24, 2.45) is 0 Å². The van der Waals surface area contributed by atoms with E-state index < -0.39 is 4.92 Å². The summed E-state index contributed by atoms with van der Waals surface area (Å²) in [6, 6.07) is 2.85. The highest BCUT2D eigenvalue weighted by molar-refractivity contribution is 5.81. The van der Waals surface area contributed by atoms with Gasteiger partial charge >= 0.3 is 5.69 Å². The van der Waals surface area contributed by atoms with E-state index in [-0.39, 0.29) is 24.0 Å². The number of pyridine rings is 1. The largest absolute Gasteiger partial charge is 0.347 e. The van der Waals surface area contributed by atoms with Crippen LogP contribution in [0.3, 0.4) is 0 Å². The molecule has 0 saturated heterocycles. The van der Waals surface area contributed by atoms with Crippen LogP contribution in [0, 0.1) is 10.1 Å². The summed E-state index contributed by atoms with van der Waals surface area (Å²) in [5.41, 5.74) is -0.110. The predicted octanol–water partition coefficient (Wildman–Crippen LogP) is 0.514. The number of carbonyl (C=O) groups excluding carboxylic acids is 1. The summed E-state index contributed by atoms with van der Waals surface area (Å²) in [5.74, 6) is 0.0418. The van der Waals surface area contributed by atoms with E-state index in [1.165, 1.54) is 28.1 Å². The van der Waals surface area contributed by atoms with Gasteiger partial charge in [-0.3, -0.25) is 14.9 Å². The van der Waals surface area contributed by atoms with Crippen molar-refractivity contribution in [1.29, 1.82) is 0 Å². The van der Waals surface area contributed by atoms with Crippen molar-refractivity contribution in [2.75, 3.05) is 32.6 Å². The monoisotopic (exact) mass is 238 g/mol. The Morgan fingerprint density at radius 3 is 2.65 bits per heavy atom. The first-order valence-electron chi connectivity index (χ1n) is 4.94. The van der Waals surface area contributed by atoms with E-state index in [1.54, 1.807) is 21.1 Å². The van der Waals surface area contributed by atoms with Crippen LogP contribution >= 0.6 is 0 Å². The fraction of sp³-hybridized carbons (Fsp3) is 0.400. The fourth-order valence-corrected chi connectivity index (χ4v) is 1.24. The molecule has 0 aliphatic heterocycles. The first-order chi connectivity index (χ1) is 7.93. The molecule has 17 heavy (non-hydrogen) atoms. The average Bonchev–Trinajstić information content (AvgIpc) is 2.28. The zero-order chi connectivity index (χ0) is 13.0. The van der Waals surface area contributed by atoms with Crippen LogP contribution in [0.25, 0.3) is 0 Å². The summed E-state index contributed by atoms with van der Waals surface area (Å²) >= 11 is 0. The van der Waals surface area contributed by atoms with Crippen molar-refractivity contribution < 1.29 is 9.72 Å². The van der Waals surface area contributed by atoms with Crippen molar-refractivity contribution >= 4 is 17.4 Å². The fourth-order valence-electron chi connectivity index (χ4n) is 1.24. The van der Waals surface area contributed by atoms with E-state index in [9.17, 15) is 14.9 Å². The zero-order valence-corrected chi connectivity index (χ0v) is 9.95. The van der Waals surface area contributed by atoms with Crippen LogP contribution in [0.15, 0.2) is 18.3 Å². The zero-order valence-electron chi connectivity index (χ0n) is 9.95. The second-order valence-electron chi connectivity index (χ2n) is 3.75. The molecule has 92 valence electrons. The summed E-state index contributed by atoms with van der Waals surface area (Å²) in [6.07, 6.45) is 1.46. The van der Waals surface area contributed by atoms with Gasteiger partial charge in [0.15, 0.2) is 0 Å². The number of likely N-dealkylation sites (N-methyl/N-ethyl adjacent to an activating group) is 2. The van der Waals surface area contributed by atoms with E-state index in [0.29, 0.717) is 0 Å². The highest BCUT2D eigenvalue weighted by Gasteiger charge is 2.19. The maximum absolute atomic E-state index is 11.5. The van der Waals surface area contributed by atoms with E-state index in [0.717, 1.165) is 0 Å². The van der Waals surface area contributed by atoms with Gasteiger partial charge in [0.1, 0.15) is 0 Å². The van der Waals surface area contributed by atoms with Gasteiger partial charge in [-0.15, -0.1) is 0 Å². The molecule has 0 atom stereocenters. The number of nitrogens with zero attached hydrogens (tertiary/aromatic N) is 4. The Kier molecular flexibility index (Phi) is 3.97. The molecule has 1 aromatic rings. The Hall–Kier alpha value is -2.18. The minimum absolute atomic E-state index is 0.0465. The lowest BCUT2D eigenvalue weighted by Gasteiger charge is -2.19. The highest BCUT2D eigenvalue weighted by atomic mass is 16.6. The molecule has 0 aliphatic rings. The third-order valence-corrected chi connectivity index (χ3v) is 2.20. The molecule has 0 aromatic carbocycles. The first kappa shape index (κ1) is 12.9. The third-order valence-electron chi connectivity index (χ3n) is 2.20. The molecule has 1 rings (SSSR count). The predicted molar refractivity (Wildman–Crippen MR) is 62.9 cm³/mol. The topological polar surface area (TPSA) is 79.6 Å². The van der Waals surface area contributed by atoms with Crippen molar-refractivity contribution in [3.63, 3.8) is 0 Å². The number of nitro groups is 1. The number of hydrogen-bond acceptors (Lipinski definition) is 5. The first-order valence-corrected chi connectivity index (χ1v) is 4.94. The van der Waals surface area contributed by atoms with Gasteiger partial charge < -0.3 is 9.80 Å². The number of carbonyl (C=O) groups is 1. The van der Waals surface area contributed by atoms with Gasteiger partial charge in [0.05, 0.1) is 11.5 Å². The molecule has 0 saturated carbocycles. The molecule has 7 nitrogen and oxygen atoms in total. The molecule has 1 heterocycles. The minimum Gasteiger partial charge on any atom is -0.347 e. The molecule has 0 unspecified atom stereocenters. The number of aromatic nitrogens is 1. The molecule has 0 radical (unpaired) electrons. The van der Waals surface area contributed by atoms with Crippen LogP contribution < -0.4 is 4.90 Å². The third kappa shape index (κ3) is 3.13. The maximum Gasteiger partial charge on any atom is 0.311 e. The number of amides is 1. The Morgan fingerprint density at radius 1 is 1.47 bits per heavy atom. The van der Waals surface area contributed by atoms with Crippen molar-refractivity contribution in [2.45, 2.75) is 0 Å². The molecule has 0 N–H and O–H groups in total. The van der Waals surface area contributed by atoms with Crippen molar-refractivity contribution in [1.82, 2.24) is 9.88 Å². The molecule has 0 fully saturated rings. The van der Waals surface area contributed by atoms with E-state index >= 15 is 0 Å². The van der Waals surface area contributed by atoms with Crippen LogP contribution in [0.4, 0.5) is 11.5 Å². The average molecular weight is 238 g/mol. The smallest absolute Gasteiger partial charge is 0.311 e. The summed E-state index contributed by atoms with van der Waals surface area (Å²) in [5, 5.41) is 10.8. The Morgan fingerprint density at radius 2 is 2.12 bits per heavy atom. The normalized spacial score (nSPS) is 9.82. The van der Waals surface area contributed by atoms with E-state index in [2.05, 4.69) is 4.98 Å². The van der Waals surface area contributed by atoms with E-state index in [1.807, 2.05) is 0 Å². The molecule has 0 bridgehead atoms. The number of rotatable bonds is 4. The lowest BCUT2D eigenvalue weighted by atomic mass is 10.3. The molecular weight excluding hydrogens is 224 g/mol.